The number of carboxylic acids is 1. The Morgan fingerprint density at radius 1 is 0.971 bits per heavy atom. The summed E-state index contributed by atoms with van der Waals surface area (Å²) >= 11 is 0. The van der Waals surface area contributed by atoms with Gasteiger partial charge in [0.05, 0.1) is 18.9 Å². The molecule has 1 heterocycles. The van der Waals surface area contributed by atoms with Gasteiger partial charge in [-0.25, -0.2) is 4.79 Å². The molecule has 1 aliphatic heterocycles. The molecule has 8 nitrogen and oxygen atoms in total. The van der Waals surface area contributed by atoms with Crippen molar-refractivity contribution >= 4 is 23.5 Å². The van der Waals surface area contributed by atoms with E-state index in [1.54, 1.807) is 12.1 Å². The number of nitrogens with zero attached hydrogens (tertiary/aromatic N) is 1. The Balaban J connectivity index is 1.65. The van der Waals surface area contributed by atoms with Crippen molar-refractivity contribution in [3.8, 4) is 11.1 Å². The highest BCUT2D eigenvalue weighted by atomic mass is 16.5. The first-order valence-corrected chi connectivity index (χ1v) is 11.2. The fourth-order valence-corrected chi connectivity index (χ4v) is 4.00. The van der Waals surface area contributed by atoms with Gasteiger partial charge < -0.3 is 25.2 Å². The Bertz CT molecular complexity index is 1240. The van der Waals surface area contributed by atoms with Crippen LogP contribution in [0.15, 0.2) is 78.9 Å². The molecule has 0 bridgehead atoms. The number of hydrogen-bond donors (Lipinski definition) is 3. The second-order valence-corrected chi connectivity index (χ2v) is 8.42. The molecule has 0 aliphatic carbocycles. The zero-order valence-electron chi connectivity index (χ0n) is 19.2. The van der Waals surface area contributed by atoms with Gasteiger partial charge in [-0.1, -0.05) is 72.8 Å². The van der Waals surface area contributed by atoms with Crippen LogP contribution in [0.5, 0.6) is 0 Å². The number of rotatable bonds is 8. The number of carbonyl (C=O) groups excluding carboxylic acids is 2. The van der Waals surface area contributed by atoms with E-state index in [0.717, 1.165) is 23.6 Å². The summed E-state index contributed by atoms with van der Waals surface area (Å²) in [4.78, 5) is 39.4. The summed E-state index contributed by atoms with van der Waals surface area (Å²) in [7, 11) is 0. The normalized spacial score (nSPS) is 16.5. The Labute approximate surface area is 202 Å². The summed E-state index contributed by atoms with van der Waals surface area (Å²) in [6.07, 6.45) is 0. The van der Waals surface area contributed by atoms with Crippen molar-refractivity contribution in [3.05, 3.63) is 90.0 Å². The number of amides is 2. The number of hydrogen-bond acceptors (Lipinski definition) is 5. The summed E-state index contributed by atoms with van der Waals surface area (Å²) in [5, 5.41) is 21.9. The van der Waals surface area contributed by atoms with Gasteiger partial charge in [0.1, 0.15) is 6.04 Å². The third kappa shape index (κ3) is 4.94. The molecule has 8 heteroatoms. The van der Waals surface area contributed by atoms with Crippen molar-refractivity contribution in [3.63, 3.8) is 0 Å². The van der Waals surface area contributed by atoms with Crippen molar-refractivity contribution in [2.75, 3.05) is 18.1 Å². The van der Waals surface area contributed by atoms with E-state index in [1.807, 2.05) is 66.7 Å². The minimum absolute atomic E-state index is 0.207. The molecule has 0 saturated heterocycles. The molecular weight excluding hydrogens is 448 g/mol. The van der Waals surface area contributed by atoms with Crippen LogP contribution in [0.4, 0.5) is 5.69 Å². The minimum Gasteiger partial charge on any atom is -0.479 e. The van der Waals surface area contributed by atoms with E-state index >= 15 is 0 Å². The molecule has 35 heavy (non-hydrogen) atoms. The third-order valence-corrected chi connectivity index (χ3v) is 5.97. The van der Waals surface area contributed by atoms with E-state index in [0.29, 0.717) is 17.9 Å². The Hall–Kier alpha value is -4.01. The van der Waals surface area contributed by atoms with E-state index < -0.39 is 29.4 Å². The van der Waals surface area contributed by atoms with E-state index in [1.165, 1.54) is 4.90 Å². The van der Waals surface area contributed by atoms with Crippen LogP contribution >= 0.6 is 0 Å². The molecule has 3 aromatic carbocycles. The number of fused-ring (bicyclic) bond motifs is 3. The molecule has 2 atom stereocenters. The van der Waals surface area contributed by atoms with Crippen LogP contribution in [0.2, 0.25) is 0 Å². The predicted molar refractivity (Wildman–Crippen MR) is 129 cm³/mol. The van der Waals surface area contributed by atoms with Crippen LogP contribution in [0, 0.1) is 0 Å². The highest BCUT2D eigenvalue weighted by Gasteiger charge is 2.43. The number of carboxylic acid groups (broad SMARTS) is 1. The third-order valence-electron chi connectivity index (χ3n) is 5.97. The van der Waals surface area contributed by atoms with Gasteiger partial charge in [0, 0.05) is 12.1 Å². The summed E-state index contributed by atoms with van der Waals surface area (Å²) in [6, 6.07) is 22.9. The van der Waals surface area contributed by atoms with Crippen LogP contribution in [-0.2, 0) is 25.7 Å². The van der Waals surface area contributed by atoms with E-state index in [2.05, 4.69) is 5.32 Å². The maximum atomic E-state index is 13.8. The number of aliphatic carboxylic acids is 1. The number of para-hydroxylation sites is 1. The molecule has 0 spiro atoms. The van der Waals surface area contributed by atoms with Gasteiger partial charge in [0.25, 0.3) is 11.8 Å². The Kier molecular flexibility index (Phi) is 6.95. The lowest BCUT2D eigenvalue weighted by atomic mass is 9.94. The molecule has 2 amide bonds. The number of nitrogens with one attached hydrogen (secondary N) is 1. The van der Waals surface area contributed by atoms with E-state index in [-0.39, 0.29) is 13.2 Å². The molecular formula is C27H26N2O6. The van der Waals surface area contributed by atoms with Gasteiger partial charge >= 0.3 is 5.97 Å². The first-order chi connectivity index (χ1) is 16.8. The van der Waals surface area contributed by atoms with Gasteiger partial charge in [0.2, 0.25) is 5.60 Å². The molecule has 180 valence electrons. The first-order valence-electron chi connectivity index (χ1n) is 11.2. The van der Waals surface area contributed by atoms with Gasteiger partial charge in [-0.05, 0) is 29.7 Å². The van der Waals surface area contributed by atoms with Crippen LogP contribution < -0.4 is 10.2 Å². The molecule has 1 aliphatic rings. The van der Waals surface area contributed by atoms with Crippen molar-refractivity contribution in [1.82, 2.24) is 5.32 Å². The topological polar surface area (TPSA) is 116 Å². The number of ether oxygens (including phenoxy) is 1. The monoisotopic (exact) mass is 474 g/mol. The lowest BCUT2D eigenvalue weighted by Crippen LogP contribution is -2.54. The zero-order chi connectivity index (χ0) is 25.0. The maximum absolute atomic E-state index is 13.8. The Morgan fingerprint density at radius 2 is 1.60 bits per heavy atom. The molecule has 0 aromatic heterocycles. The number of anilines is 1. The first kappa shape index (κ1) is 24.1. The quantitative estimate of drug-likeness (QED) is 0.342. The standard InChI is InChI=1S/C27H26N2O6/c1-27(34,26(32)33)25(31)28-23-21-13-6-5-11-19(21)20-12-7-8-14-22(20)29(24(23)30)15-16-35-17-18-9-3-2-4-10-18/h2-14,23,34H,15-17H2,1H3,(H,28,31)(H,32,33)/t23?,27-/m0/s1. The second kappa shape index (κ2) is 10.1. The SMILES string of the molecule is C[C@@](O)(C(=O)O)C(=O)NC1C(=O)N(CCOCc2ccccc2)c2ccccc2-c2ccccc21. The Morgan fingerprint density at radius 3 is 2.31 bits per heavy atom. The molecule has 0 radical (unpaired) electrons. The fourth-order valence-electron chi connectivity index (χ4n) is 4.00. The van der Waals surface area contributed by atoms with Crippen molar-refractivity contribution in [1.29, 1.82) is 0 Å². The van der Waals surface area contributed by atoms with Gasteiger partial charge in [-0.15, -0.1) is 0 Å². The maximum Gasteiger partial charge on any atom is 0.345 e. The van der Waals surface area contributed by atoms with Crippen LogP contribution in [0.1, 0.15) is 24.1 Å². The van der Waals surface area contributed by atoms with E-state index in [4.69, 9.17) is 4.74 Å². The van der Waals surface area contributed by atoms with Crippen LogP contribution in [-0.4, -0.2) is 46.7 Å². The summed E-state index contributed by atoms with van der Waals surface area (Å²) in [5.74, 6) is -3.34. The molecule has 0 saturated carbocycles. The molecule has 1 unspecified atom stereocenters. The van der Waals surface area contributed by atoms with Gasteiger partial charge in [0.15, 0.2) is 0 Å². The second-order valence-electron chi connectivity index (χ2n) is 8.42. The molecule has 4 rings (SSSR count). The highest BCUT2D eigenvalue weighted by Crippen LogP contribution is 2.40. The van der Waals surface area contributed by atoms with Gasteiger partial charge in [-0.2, -0.15) is 0 Å². The average Bonchev–Trinajstić information content (AvgIpc) is 2.96. The lowest BCUT2D eigenvalue weighted by molar-refractivity contribution is -0.164. The molecule has 3 N–H and O–H groups in total. The highest BCUT2D eigenvalue weighted by molar-refractivity contribution is 6.09. The minimum atomic E-state index is -2.70. The smallest absolute Gasteiger partial charge is 0.345 e. The number of aliphatic hydroxyl groups is 1. The zero-order valence-corrected chi connectivity index (χ0v) is 19.2. The van der Waals surface area contributed by atoms with Crippen molar-refractivity contribution in [2.45, 2.75) is 25.2 Å². The lowest BCUT2D eigenvalue weighted by Gasteiger charge is -2.28. The van der Waals surface area contributed by atoms with Crippen molar-refractivity contribution < 1.29 is 29.3 Å². The van der Waals surface area contributed by atoms with Crippen LogP contribution in [0.25, 0.3) is 11.1 Å². The van der Waals surface area contributed by atoms with Crippen LogP contribution in [0.3, 0.4) is 0 Å². The summed E-state index contributed by atoms with van der Waals surface area (Å²) in [5.41, 5.74) is 0.981. The number of carbonyl (C=O) groups is 3. The molecule has 3 aromatic rings. The average molecular weight is 475 g/mol. The van der Waals surface area contributed by atoms with Crippen molar-refractivity contribution in [2.24, 2.45) is 0 Å². The van der Waals surface area contributed by atoms with E-state index in [9.17, 15) is 24.6 Å². The fraction of sp³-hybridized carbons (Fsp3) is 0.222. The van der Waals surface area contributed by atoms with Gasteiger partial charge in [-0.3, -0.25) is 9.59 Å². The summed E-state index contributed by atoms with van der Waals surface area (Å²) in [6.45, 7) is 1.70. The summed E-state index contributed by atoms with van der Waals surface area (Å²) < 4.78 is 5.81. The predicted octanol–water partition coefficient (Wildman–Crippen LogP) is 2.91. The number of benzene rings is 3. The molecule has 0 fully saturated rings. The largest absolute Gasteiger partial charge is 0.479 e.